The van der Waals surface area contributed by atoms with Crippen molar-refractivity contribution in [2.24, 2.45) is 0 Å². The molecule has 1 heterocycles. The van der Waals surface area contributed by atoms with Crippen molar-refractivity contribution in [1.82, 2.24) is 5.32 Å². The molecule has 0 unspecified atom stereocenters. The first kappa shape index (κ1) is 17.0. The maximum Gasteiger partial charge on any atom is 0.419 e. The maximum absolute atomic E-state index is 12.9. The van der Waals surface area contributed by atoms with Gasteiger partial charge >= 0.3 is 6.18 Å². The van der Waals surface area contributed by atoms with Crippen LogP contribution in [-0.4, -0.2) is 29.6 Å². The quantitative estimate of drug-likeness (QED) is 0.917. The second-order valence-corrected chi connectivity index (χ2v) is 6.37. The van der Waals surface area contributed by atoms with E-state index in [0.717, 1.165) is 30.4 Å². The summed E-state index contributed by atoms with van der Waals surface area (Å²) >= 11 is 1.83. The molecular weight excluding hydrogens is 315 g/mol. The molecule has 1 aliphatic rings. The second-order valence-electron chi connectivity index (χ2n) is 5.15. The number of ether oxygens (including phenoxy) is 1. The highest BCUT2D eigenvalue weighted by atomic mass is 32.2. The smallest absolute Gasteiger partial charge is 0.419 e. The number of hydrogen-bond donors (Lipinski definition) is 1. The zero-order valence-electron chi connectivity index (χ0n) is 12.2. The number of halogens is 3. The number of rotatable bonds is 4. The highest BCUT2D eigenvalue weighted by Gasteiger charge is 2.35. The van der Waals surface area contributed by atoms with Gasteiger partial charge in [-0.2, -0.15) is 24.9 Å². The van der Waals surface area contributed by atoms with Gasteiger partial charge in [-0.25, -0.2) is 0 Å². The van der Waals surface area contributed by atoms with Crippen LogP contribution in [0.15, 0.2) is 24.3 Å². The summed E-state index contributed by atoms with van der Waals surface area (Å²) in [4.78, 5) is 12.1. The Balaban J connectivity index is 1.99. The third kappa shape index (κ3) is 4.56. The van der Waals surface area contributed by atoms with Crippen molar-refractivity contribution in [3.63, 3.8) is 0 Å². The van der Waals surface area contributed by atoms with Gasteiger partial charge in [-0.1, -0.05) is 12.1 Å². The van der Waals surface area contributed by atoms with Crippen LogP contribution in [0.5, 0.6) is 5.75 Å². The molecule has 1 amide bonds. The number of alkyl halides is 3. The molecule has 1 N–H and O–H groups in total. The first-order valence-electron chi connectivity index (χ1n) is 7.09. The summed E-state index contributed by atoms with van der Waals surface area (Å²) in [6.45, 7) is 1.46. The Morgan fingerprint density at radius 2 is 1.95 bits per heavy atom. The predicted molar refractivity (Wildman–Crippen MR) is 80.0 cm³/mol. The van der Waals surface area contributed by atoms with E-state index in [0.29, 0.717) is 0 Å². The van der Waals surface area contributed by atoms with E-state index in [-0.39, 0.29) is 17.7 Å². The molecule has 7 heteroatoms. The van der Waals surface area contributed by atoms with Gasteiger partial charge in [0.2, 0.25) is 0 Å². The minimum atomic E-state index is -4.51. The van der Waals surface area contributed by atoms with Crippen molar-refractivity contribution in [2.45, 2.75) is 38.1 Å². The molecule has 0 bridgehead atoms. The number of para-hydroxylation sites is 1. The van der Waals surface area contributed by atoms with Crippen molar-refractivity contribution in [2.75, 3.05) is 11.5 Å². The van der Waals surface area contributed by atoms with E-state index in [1.807, 2.05) is 11.8 Å². The van der Waals surface area contributed by atoms with Crippen molar-refractivity contribution in [3.05, 3.63) is 29.8 Å². The van der Waals surface area contributed by atoms with E-state index in [2.05, 4.69) is 5.32 Å². The molecule has 1 saturated heterocycles. The molecule has 1 aliphatic heterocycles. The lowest BCUT2D eigenvalue weighted by Crippen LogP contribution is -2.44. The van der Waals surface area contributed by atoms with Crippen LogP contribution in [0.2, 0.25) is 0 Å². The van der Waals surface area contributed by atoms with Crippen LogP contribution in [0.1, 0.15) is 25.3 Å². The van der Waals surface area contributed by atoms with Crippen molar-refractivity contribution >= 4 is 17.7 Å². The zero-order valence-corrected chi connectivity index (χ0v) is 13.0. The van der Waals surface area contributed by atoms with Crippen molar-refractivity contribution in [1.29, 1.82) is 0 Å². The summed E-state index contributed by atoms with van der Waals surface area (Å²) in [7, 11) is 0. The van der Waals surface area contributed by atoms with E-state index in [9.17, 15) is 18.0 Å². The van der Waals surface area contributed by atoms with Gasteiger partial charge in [0.25, 0.3) is 5.91 Å². The van der Waals surface area contributed by atoms with Crippen LogP contribution in [0.3, 0.4) is 0 Å². The number of thioether (sulfide) groups is 1. The lowest BCUT2D eigenvalue weighted by molar-refractivity contribution is -0.140. The molecular formula is C15H18F3NO2S. The zero-order chi connectivity index (χ0) is 16.2. The fourth-order valence-electron chi connectivity index (χ4n) is 2.21. The SMILES string of the molecule is C[C@@H](Oc1ccccc1C(F)(F)F)C(=O)NC1CCSCC1. The van der Waals surface area contributed by atoms with Crippen LogP contribution in [-0.2, 0) is 11.0 Å². The third-order valence-corrected chi connectivity index (χ3v) is 4.48. The van der Waals surface area contributed by atoms with E-state index in [4.69, 9.17) is 4.74 Å². The molecule has 1 aromatic carbocycles. The molecule has 0 spiro atoms. The first-order valence-corrected chi connectivity index (χ1v) is 8.24. The standard InChI is InChI=1S/C15H18F3NO2S/c1-10(14(20)19-11-6-8-22-9-7-11)21-13-5-3-2-4-12(13)15(16,17)18/h2-5,10-11H,6-9H2,1H3,(H,19,20)/t10-/m1/s1. The van der Waals surface area contributed by atoms with Gasteiger partial charge in [-0.05, 0) is 43.4 Å². The minimum Gasteiger partial charge on any atom is -0.480 e. The fraction of sp³-hybridized carbons (Fsp3) is 0.533. The second kappa shape index (κ2) is 7.26. The third-order valence-electron chi connectivity index (χ3n) is 3.43. The lowest BCUT2D eigenvalue weighted by atomic mass is 10.1. The van der Waals surface area contributed by atoms with E-state index >= 15 is 0 Å². The van der Waals surface area contributed by atoms with Gasteiger partial charge in [0.05, 0.1) is 5.56 Å². The van der Waals surface area contributed by atoms with Crippen molar-refractivity contribution < 1.29 is 22.7 Å². The summed E-state index contributed by atoms with van der Waals surface area (Å²) in [5.74, 6) is 1.26. The molecule has 0 radical (unpaired) electrons. The molecule has 22 heavy (non-hydrogen) atoms. The maximum atomic E-state index is 12.9. The summed E-state index contributed by atoms with van der Waals surface area (Å²) < 4.78 is 43.9. The Hall–Kier alpha value is -1.37. The van der Waals surface area contributed by atoms with Crippen LogP contribution < -0.4 is 10.1 Å². The topological polar surface area (TPSA) is 38.3 Å². The molecule has 2 rings (SSSR count). The summed E-state index contributed by atoms with van der Waals surface area (Å²) in [6, 6.07) is 4.99. The first-order chi connectivity index (χ1) is 10.4. The number of benzene rings is 1. The summed E-state index contributed by atoms with van der Waals surface area (Å²) in [5.41, 5.74) is -0.872. The van der Waals surface area contributed by atoms with Gasteiger partial charge in [-0.15, -0.1) is 0 Å². The largest absolute Gasteiger partial charge is 0.480 e. The van der Waals surface area contributed by atoms with E-state index in [1.54, 1.807) is 0 Å². The molecule has 1 aromatic rings. The van der Waals surface area contributed by atoms with Crippen LogP contribution in [0, 0.1) is 0 Å². The van der Waals surface area contributed by atoms with E-state index in [1.165, 1.54) is 25.1 Å². The number of carbonyl (C=O) groups is 1. The average Bonchev–Trinajstić information content (AvgIpc) is 2.47. The number of hydrogen-bond acceptors (Lipinski definition) is 3. The van der Waals surface area contributed by atoms with Gasteiger partial charge in [-0.3, -0.25) is 4.79 Å². The molecule has 0 aromatic heterocycles. The fourth-order valence-corrected chi connectivity index (χ4v) is 3.31. The number of nitrogens with one attached hydrogen (secondary N) is 1. The monoisotopic (exact) mass is 333 g/mol. The Kier molecular flexibility index (Phi) is 5.61. The summed E-state index contributed by atoms with van der Waals surface area (Å²) in [6.07, 6.45) is -3.73. The van der Waals surface area contributed by atoms with Crippen LogP contribution in [0.4, 0.5) is 13.2 Å². The average molecular weight is 333 g/mol. The Morgan fingerprint density at radius 1 is 1.32 bits per heavy atom. The van der Waals surface area contributed by atoms with E-state index < -0.39 is 17.8 Å². The van der Waals surface area contributed by atoms with Crippen LogP contribution >= 0.6 is 11.8 Å². The number of carbonyl (C=O) groups excluding carboxylic acids is 1. The van der Waals surface area contributed by atoms with Gasteiger partial charge < -0.3 is 10.1 Å². The van der Waals surface area contributed by atoms with Gasteiger partial charge in [0.1, 0.15) is 5.75 Å². The summed E-state index contributed by atoms with van der Waals surface area (Å²) in [5, 5.41) is 2.84. The highest BCUT2D eigenvalue weighted by molar-refractivity contribution is 7.99. The molecule has 122 valence electrons. The molecule has 1 atom stereocenters. The van der Waals surface area contributed by atoms with Crippen LogP contribution in [0.25, 0.3) is 0 Å². The number of amides is 1. The van der Waals surface area contributed by atoms with Gasteiger partial charge in [0, 0.05) is 6.04 Å². The molecule has 0 aliphatic carbocycles. The Bertz CT molecular complexity index is 516. The Morgan fingerprint density at radius 3 is 2.59 bits per heavy atom. The normalized spacial score (nSPS) is 17.8. The highest BCUT2D eigenvalue weighted by Crippen LogP contribution is 2.36. The van der Waals surface area contributed by atoms with Crippen molar-refractivity contribution in [3.8, 4) is 5.75 Å². The lowest BCUT2D eigenvalue weighted by Gasteiger charge is -2.25. The molecule has 3 nitrogen and oxygen atoms in total. The van der Waals surface area contributed by atoms with Gasteiger partial charge in [0.15, 0.2) is 6.10 Å². The molecule has 0 saturated carbocycles. The minimum absolute atomic E-state index is 0.0812. The molecule has 1 fully saturated rings. The predicted octanol–water partition coefficient (Wildman–Crippen LogP) is 3.48. The Labute approximate surface area is 131 Å².